The Morgan fingerprint density at radius 1 is 1.73 bits per heavy atom. The van der Waals surface area contributed by atoms with E-state index in [0.29, 0.717) is 6.42 Å². The lowest BCUT2D eigenvalue weighted by molar-refractivity contribution is -0.145. The lowest BCUT2D eigenvalue weighted by Crippen LogP contribution is -2.51. The molecule has 1 unspecified atom stereocenters. The van der Waals surface area contributed by atoms with Gasteiger partial charge in [0, 0.05) is 11.9 Å². The number of carboxylic acids is 1. The van der Waals surface area contributed by atoms with Crippen molar-refractivity contribution in [1.29, 1.82) is 0 Å². The molecule has 0 aliphatic heterocycles. The maximum Gasteiger partial charge on any atom is 0.326 e. The van der Waals surface area contributed by atoms with Gasteiger partial charge >= 0.3 is 5.97 Å². The summed E-state index contributed by atoms with van der Waals surface area (Å²) >= 11 is 0. The molecule has 0 spiro atoms. The van der Waals surface area contributed by atoms with Crippen molar-refractivity contribution in [2.45, 2.75) is 25.3 Å². The molecular formula is C9H15N3O3. The third-order valence-electron chi connectivity index (χ3n) is 2.30. The second-order valence-corrected chi connectivity index (χ2v) is 3.61. The zero-order chi connectivity index (χ0) is 11.5. The number of carbonyl (C=O) groups is 1. The van der Waals surface area contributed by atoms with Gasteiger partial charge in [-0.3, -0.25) is 4.79 Å². The zero-order valence-corrected chi connectivity index (χ0v) is 8.53. The summed E-state index contributed by atoms with van der Waals surface area (Å²) in [6.07, 6.45) is 2.25. The van der Waals surface area contributed by atoms with Crippen LogP contribution in [0.4, 0.5) is 0 Å². The van der Waals surface area contributed by atoms with Crippen LogP contribution in [0.5, 0.6) is 0 Å². The van der Waals surface area contributed by atoms with E-state index in [2.05, 4.69) is 9.97 Å². The number of imidazole rings is 1. The van der Waals surface area contributed by atoms with Gasteiger partial charge in [-0.2, -0.15) is 0 Å². The Labute approximate surface area is 87.1 Å². The Morgan fingerprint density at radius 2 is 2.40 bits per heavy atom. The van der Waals surface area contributed by atoms with Crippen molar-refractivity contribution in [3.8, 4) is 0 Å². The highest BCUT2D eigenvalue weighted by Gasteiger charge is 2.32. The Kier molecular flexibility index (Phi) is 3.43. The van der Waals surface area contributed by atoms with Gasteiger partial charge in [0.15, 0.2) is 0 Å². The summed E-state index contributed by atoms with van der Waals surface area (Å²) in [6.45, 7) is 1.23. The van der Waals surface area contributed by atoms with Crippen LogP contribution in [0, 0.1) is 6.92 Å². The molecule has 1 aromatic rings. The monoisotopic (exact) mass is 213 g/mol. The number of aliphatic hydroxyl groups excluding tert-OH is 1. The summed E-state index contributed by atoms with van der Waals surface area (Å²) in [5.41, 5.74) is 4.76. The molecule has 0 aliphatic carbocycles. The number of aromatic nitrogens is 2. The molecule has 0 amide bonds. The number of aliphatic carboxylic acids is 1. The minimum Gasteiger partial charge on any atom is -0.480 e. The van der Waals surface area contributed by atoms with Gasteiger partial charge in [0.25, 0.3) is 0 Å². The SMILES string of the molecule is Cc1ncc(CCC(N)(CO)C(=O)O)[nH]1. The predicted molar refractivity (Wildman–Crippen MR) is 53.3 cm³/mol. The summed E-state index contributed by atoms with van der Waals surface area (Å²) in [4.78, 5) is 17.7. The highest BCUT2D eigenvalue weighted by molar-refractivity contribution is 5.78. The number of aromatic amines is 1. The molecule has 15 heavy (non-hydrogen) atoms. The van der Waals surface area contributed by atoms with Crippen molar-refractivity contribution in [3.05, 3.63) is 17.7 Å². The fraction of sp³-hybridized carbons (Fsp3) is 0.556. The first-order valence-corrected chi connectivity index (χ1v) is 4.61. The van der Waals surface area contributed by atoms with Crippen molar-refractivity contribution in [3.63, 3.8) is 0 Å². The van der Waals surface area contributed by atoms with Crippen molar-refractivity contribution in [2.75, 3.05) is 6.61 Å². The molecule has 0 bridgehead atoms. The first-order chi connectivity index (χ1) is 6.98. The van der Waals surface area contributed by atoms with Gasteiger partial charge in [0.1, 0.15) is 11.4 Å². The molecule has 6 nitrogen and oxygen atoms in total. The quantitative estimate of drug-likeness (QED) is 0.523. The largest absolute Gasteiger partial charge is 0.480 e. The fourth-order valence-electron chi connectivity index (χ4n) is 1.21. The Bertz CT molecular complexity index is 350. The van der Waals surface area contributed by atoms with Crippen LogP contribution in [0.1, 0.15) is 17.9 Å². The first-order valence-electron chi connectivity index (χ1n) is 4.61. The summed E-state index contributed by atoms with van der Waals surface area (Å²) in [6, 6.07) is 0. The van der Waals surface area contributed by atoms with Crippen LogP contribution < -0.4 is 5.73 Å². The predicted octanol–water partition coefficient (Wildman–Crippen LogP) is -0.575. The fourth-order valence-corrected chi connectivity index (χ4v) is 1.21. The van der Waals surface area contributed by atoms with E-state index in [1.54, 1.807) is 6.20 Å². The van der Waals surface area contributed by atoms with Crippen LogP contribution in [-0.4, -0.2) is 38.3 Å². The minimum absolute atomic E-state index is 0.167. The van der Waals surface area contributed by atoms with E-state index in [9.17, 15) is 4.79 Å². The number of nitrogens with zero attached hydrogens (tertiary/aromatic N) is 1. The van der Waals surface area contributed by atoms with Gasteiger partial charge in [-0.05, 0) is 19.8 Å². The van der Waals surface area contributed by atoms with Crippen LogP contribution in [-0.2, 0) is 11.2 Å². The van der Waals surface area contributed by atoms with Crippen LogP contribution in [0.2, 0.25) is 0 Å². The number of hydrogen-bond donors (Lipinski definition) is 4. The third-order valence-corrected chi connectivity index (χ3v) is 2.30. The molecule has 1 atom stereocenters. The molecule has 1 heterocycles. The second-order valence-electron chi connectivity index (χ2n) is 3.61. The van der Waals surface area contributed by atoms with Gasteiger partial charge in [-0.25, -0.2) is 4.98 Å². The Morgan fingerprint density at radius 3 is 2.80 bits per heavy atom. The molecule has 0 aliphatic rings. The number of H-pyrrole nitrogens is 1. The van der Waals surface area contributed by atoms with Crippen LogP contribution >= 0.6 is 0 Å². The highest BCUT2D eigenvalue weighted by atomic mass is 16.4. The standard InChI is InChI=1S/C9H15N3O3/c1-6-11-4-7(12-6)2-3-9(10,5-13)8(14)15/h4,13H,2-3,5,10H2,1H3,(H,11,12)(H,14,15). The molecule has 1 rings (SSSR count). The van der Waals surface area contributed by atoms with E-state index in [1.807, 2.05) is 6.92 Å². The molecule has 0 saturated carbocycles. The van der Waals surface area contributed by atoms with E-state index in [-0.39, 0.29) is 6.42 Å². The summed E-state index contributed by atoms with van der Waals surface area (Å²) in [7, 11) is 0. The molecule has 0 saturated heterocycles. The van der Waals surface area contributed by atoms with Gasteiger partial charge in [0.2, 0.25) is 0 Å². The van der Waals surface area contributed by atoms with Crippen LogP contribution in [0.15, 0.2) is 6.20 Å². The zero-order valence-electron chi connectivity index (χ0n) is 8.53. The topological polar surface area (TPSA) is 112 Å². The maximum atomic E-state index is 10.8. The number of aryl methyl sites for hydroxylation is 2. The van der Waals surface area contributed by atoms with E-state index < -0.39 is 18.1 Å². The van der Waals surface area contributed by atoms with Gasteiger partial charge in [-0.1, -0.05) is 0 Å². The van der Waals surface area contributed by atoms with Gasteiger partial charge in [0.05, 0.1) is 6.61 Å². The number of carboxylic acid groups (broad SMARTS) is 1. The average molecular weight is 213 g/mol. The summed E-state index contributed by atoms with van der Waals surface area (Å²) < 4.78 is 0. The first kappa shape index (κ1) is 11.7. The second kappa shape index (κ2) is 4.41. The molecule has 5 N–H and O–H groups in total. The van der Waals surface area contributed by atoms with Crippen molar-refractivity contribution >= 4 is 5.97 Å². The number of nitrogens with one attached hydrogen (secondary N) is 1. The highest BCUT2D eigenvalue weighted by Crippen LogP contribution is 2.11. The molecule has 6 heteroatoms. The number of hydrogen-bond acceptors (Lipinski definition) is 4. The maximum absolute atomic E-state index is 10.8. The Balaban J connectivity index is 2.59. The molecule has 0 fully saturated rings. The van der Waals surface area contributed by atoms with Crippen molar-refractivity contribution in [2.24, 2.45) is 5.73 Å². The van der Waals surface area contributed by atoms with Crippen molar-refractivity contribution < 1.29 is 15.0 Å². The number of nitrogens with two attached hydrogens (primary N) is 1. The number of aliphatic hydroxyl groups is 1. The number of rotatable bonds is 5. The van der Waals surface area contributed by atoms with Gasteiger partial charge < -0.3 is 20.9 Å². The molecule has 0 aromatic carbocycles. The van der Waals surface area contributed by atoms with Crippen molar-refractivity contribution in [1.82, 2.24) is 9.97 Å². The normalized spacial score (nSPS) is 14.9. The van der Waals surface area contributed by atoms with Gasteiger partial charge in [-0.15, -0.1) is 0 Å². The molecule has 0 radical (unpaired) electrons. The lowest BCUT2D eigenvalue weighted by Gasteiger charge is -2.21. The summed E-state index contributed by atoms with van der Waals surface area (Å²) in [5.74, 6) is -0.423. The van der Waals surface area contributed by atoms with E-state index in [0.717, 1.165) is 11.5 Å². The minimum atomic E-state index is -1.57. The smallest absolute Gasteiger partial charge is 0.326 e. The average Bonchev–Trinajstić information content (AvgIpc) is 2.60. The van der Waals surface area contributed by atoms with E-state index in [1.165, 1.54) is 0 Å². The lowest BCUT2D eigenvalue weighted by atomic mass is 9.95. The molecular weight excluding hydrogens is 198 g/mol. The third kappa shape index (κ3) is 2.77. The van der Waals surface area contributed by atoms with E-state index in [4.69, 9.17) is 15.9 Å². The summed E-state index contributed by atoms with van der Waals surface area (Å²) in [5, 5.41) is 17.7. The molecule has 1 aromatic heterocycles. The molecule has 84 valence electrons. The van der Waals surface area contributed by atoms with E-state index >= 15 is 0 Å². The van der Waals surface area contributed by atoms with Crippen LogP contribution in [0.3, 0.4) is 0 Å². The van der Waals surface area contributed by atoms with Crippen LogP contribution in [0.25, 0.3) is 0 Å². The Hall–Kier alpha value is -1.40.